The van der Waals surface area contributed by atoms with Gasteiger partial charge in [0, 0.05) is 17.6 Å². The zero-order valence-electron chi connectivity index (χ0n) is 14.9. The van der Waals surface area contributed by atoms with Gasteiger partial charge in [-0.25, -0.2) is 8.78 Å². The molecule has 2 aromatic carbocycles. The molecule has 4 rings (SSSR count). The SMILES string of the molecule is COc1ccc(COC2CN(c3c(F)cc(Br)cc3F)CCC23CO3)cc1. The third kappa shape index (κ3) is 3.81. The molecule has 2 saturated heterocycles. The van der Waals surface area contributed by atoms with Gasteiger partial charge in [-0.05, 0) is 36.2 Å². The van der Waals surface area contributed by atoms with Crippen molar-refractivity contribution in [2.24, 2.45) is 0 Å². The minimum Gasteiger partial charge on any atom is -0.497 e. The molecular formula is C20H20BrF2NO3. The highest BCUT2D eigenvalue weighted by Crippen LogP contribution is 2.42. The molecular weight excluding hydrogens is 420 g/mol. The van der Waals surface area contributed by atoms with Crippen molar-refractivity contribution in [3.63, 3.8) is 0 Å². The summed E-state index contributed by atoms with van der Waals surface area (Å²) in [5, 5.41) is 0. The number of anilines is 1. The van der Waals surface area contributed by atoms with Crippen LogP contribution >= 0.6 is 15.9 Å². The number of methoxy groups -OCH3 is 1. The summed E-state index contributed by atoms with van der Waals surface area (Å²) in [5.74, 6) is -0.377. The van der Waals surface area contributed by atoms with E-state index >= 15 is 0 Å². The van der Waals surface area contributed by atoms with E-state index in [1.165, 1.54) is 12.1 Å². The molecule has 2 aromatic rings. The Balaban J connectivity index is 1.48. The zero-order valence-corrected chi connectivity index (χ0v) is 16.5. The van der Waals surface area contributed by atoms with E-state index in [1.807, 2.05) is 24.3 Å². The van der Waals surface area contributed by atoms with Crippen LogP contribution in [0.2, 0.25) is 0 Å². The number of hydrogen-bond acceptors (Lipinski definition) is 4. The fraction of sp³-hybridized carbons (Fsp3) is 0.400. The number of ether oxygens (including phenoxy) is 3. The van der Waals surface area contributed by atoms with E-state index in [4.69, 9.17) is 14.2 Å². The van der Waals surface area contributed by atoms with Crippen molar-refractivity contribution in [3.05, 3.63) is 58.1 Å². The second kappa shape index (κ2) is 7.37. The predicted octanol–water partition coefficient (Wildman–Crippen LogP) is 4.30. The average Bonchev–Trinajstić information content (AvgIpc) is 3.42. The monoisotopic (exact) mass is 439 g/mol. The van der Waals surface area contributed by atoms with Crippen molar-refractivity contribution in [2.75, 3.05) is 31.7 Å². The summed E-state index contributed by atoms with van der Waals surface area (Å²) in [6.45, 7) is 1.93. The lowest BCUT2D eigenvalue weighted by Crippen LogP contribution is -2.50. The van der Waals surface area contributed by atoms with E-state index in [2.05, 4.69) is 15.9 Å². The van der Waals surface area contributed by atoms with Crippen LogP contribution in [0, 0.1) is 11.6 Å². The number of nitrogens with zero attached hydrogens (tertiary/aromatic N) is 1. The molecule has 2 aliphatic rings. The maximum absolute atomic E-state index is 14.4. The molecule has 2 aliphatic heterocycles. The highest BCUT2D eigenvalue weighted by Gasteiger charge is 2.55. The summed E-state index contributed by atoms with van der Waals surface area (Å²) in [6, 6.07) is 10.2. The van der Waals surface area contributed by atoms with E-state index < -0.39 is 11.6 Å². The van der Waals surface area contributed by atoms with Crippen LogP contribution in [0.3, 0.4) is 0 Å². The molecule has 27 heavy (non-hydrogen) atoms. The van der Waals surface area contributed by atoms with Crippen LogP contribution < -0.4 is 9.64 Å². The van der Waals surface area contributed by atoms with E-state index in [0.717, 1.165) is 11.3 Å². The second-order valence-electron chi connectivity index (χ2n) is 6.92. The third-order valence-electron chi connectivity index (χ3n) is 5.20. The Hall–Kier alpha value is -1.70. The molecule has 2 heterocycles. The topological polar surface area (TPSA) is 34.2 Å². The molecule has 0 N–H and O–H groups in total. The molecule has 7 heteroatoms. The number of hydrogen-bond donors (Lipinski definition) is 0. The molecule has 0 aromatic heterocycles. The number of rotatable bonds is 5. The second-order valence-corrected chi connectivity index (χ2v) is 7.83. The summed E-state index contributed by atoms with van der Waals surface area (Å²) in [7, 11) is 1.62. The van der Waals surface area contributed by atoms with Gasteiger partial charge in [0.2, 0.25) is 0 Å². The third-order valence-corrected chi connectivity index (χ3v) is 5.66. The standard InChI is InChI=1S/C20H20BrF2NO3/c1-25-15-4-2-13(3-5-15)11-26-18-10-24(7-6-20(18)12-27-20)19-16(22)8-14(21)9-17(19)23/h2-5,8-9,18H,6-7,10-12H2,1H3. The fourth-order valence-corrected chi connectivity index (χ4v) is 3.93. The van der Waals surface area contributed by atoms with Crippen molar-refractivity contribution in [1.82, 2.24) is 0 Å². The van der Waals surface area contributed by atoms with E-state index in [9.17, 15) is 8.78 Å². The van der Waals surface area contributed by atoms with Gasteiger partial charge in [0.05, 0.1) is 20.3 Å². The molecule has 4 nitrogen and oxygen atoms in total. The zero-order chi connectivity index (χ0) is 19.0. The van der Waals surface area contributed by atoms with E-state index in [1.54, 1.807) is 12.0 Å². The lowest BCUT2D eigenvalue weighted by Gasteiger charge is -2.38. The Labute approximate surface area is 165 Å². The van der Waals surface area contributed by atoms with Gasteiger partial charge in [-0.1, -0.05) is 28.1 Å². The summed E-state index contributed by atoms with van der Waals surface area (Å²) < 4.78 is 46.0. The Morgan fingerprint density at radius 3 is 2.48 bits per heavy atom. The largest absolute Gasteiger partial charge is 0.497 e. The molecule has 1 spiro atoms. The molecule has 2 fully saturated rings. The molecule has 0 saturated carbocycles. The Morgan fingerprint density at radius 2 is 1.89 bits per heavy atom. The van der Waals surface area contributed by atoms with Gasteiger partial charge in [0.1, 0.15) is 23.1 Å². The molecule has 0 aliphatic carbocycles. The molecule has 0 radical (unpaired) electrons. The Bertz CT molecular complexity index is 803. The first-order valence-electron chi connectivity index (χ1n) is 8.79. The molecule has 2 atom stereocenters. The molecule has 144 valence electrons. The number of benzene rings is 2. The molecule has 0 amide bonds. The van der Waals surface area contributed by atoms with E-state index in [-0.39, 0.29) is 17.4 Å². The normalized spacial score (nSPS) is 24.3. The van der Waals surface area contributed by atoms with Crippen LogP contribution in [-0.2, 0) is 16.1 Å². The highest BCUT2D eigenvalue weighted by molar-refractivity contribution is 9.10. The maximum Gasteiger partial charge on any atom is 0.150 e. The number of epoxide rings is 1. The fourth-order valence-electron chi connectivity index (χ4n) is 3.53. The summed E-state index contributed by atoms with van der Waals surface area (Å²) in [6.07, 6.45) is 0.422. The summed E-state index contributed by atoms with van der Waals surface area (Å²) in [5.41, 5.74) is 0.669. The van der Waals surface area contributed by atoms with Gasteiger partial charge in [0.15, 0.2) is 11.6 Å². The lowest BCUT2D eigenvalue weighted by atomic mass is 9.93. The number of piperidine rings is 1. The summed E-state index contributed by atoms with van der Waals surface area (Å²) in [4.78, 5) is 1.71. The van der Waals surface area contributed by atoms with Gasteiger partial charge in [-0.15, -0.1) is 0 Å². The smallest absolute Gasteiger partial charge is 0.150 e. The van der Waals surface area contributed by atoms with Crippen LogP contribution in [0.4, 0.5) is 14.5 Å². The van der Waals surface area contributed by atoms with Crippen LogP contribution in [0.15, 0.2) is 40.9 Å². The first-order valence-corrected chi connectivity index (χ1v) is 9.58. The average molecular weight is 440 g/mol. The first kappa shape index (κ1) is 18.7. The summed E-state index contributed by atoms with van der Waals surface area (Å²) >= 11 is 3.12. The molecule has 0 bridgehead atoms. The Kier molecular flexibility index (Phi) is 5.09. The van der Waals surface area contributed by atoms with Crippen molar-refractivity contribution >= 4 is 21.6 Å². The van der Waals surface area contributed by atoms with Gasteiger partial charge >= 0.3 is 0 Å². The van der Waals surface area contributed by atoms with Crippen LogP contribution in [-0.4, -0.2) is 38.5 Å². The van der Waals surface area contributed by atoms with Crippen molar-refractivity contribution in [2.45, 2.75) is 24.7 Å². The Morgan fingerprint density at radius 1 is 1.22 bits per heavy atom. The lowest BCUT2D eigenvalue weighted by molar-refractivity contribution is -0.0213. The van der Waals surface area contributed by atoms with Crippen LogP contribution in [0.5, 0.6) is 5.75 Å². The van der Waals surface area contributed by atoms with Gasteiger partial charge in [-0.3, -0.25) is 0 Å². The first-order chi connectivity index (χ1) is 13.0. The van der Waals surface area contributed by atoms with E-state index in [0.29, 0.717) is 37.2 Å². The van der Waals surface area contributed by atoms with Crippen molar-refractivity contribution < 1.29 is 23.0 Å². The predicted molar refractivity (Wildman–Crippen MR) is 101 cm³/mol. The van der Waals surface area contributed by atoms with Gasteiger partial charge in [0.25, 0.3) is 0 Å². The highest BCUT2D eigenvalue weighted by atomic mass is 79.9. The number of halogens is 3. The quantitative estimate of drug-likeness (QED) is 0.650. The van der Waals surface area contributed by atoms with Gasteiger partial charge in [-0.2, -0.15) is 0 Å². The minimum absolute atomic E-state index is 0.00764. The molecule has 2 unspecified atom stereocenters. The minimum atomic E-state index is -0.580. The van der Waals surface area contributed by atoms with Crippen LogP contribution in [0.25, 0.3) is 0 Å². The van der Waals surface area contributed by atoms with Gasteiger partial charge < -0.3 is 19.1 Å². The van der Waals surface area contributed by atoms with Crippen molar-refractivity contribution in [1.29, 1.82) is 0 Å². The maximum atomic E-state index is 14.4. The van der Waals surface area contributed by atoms with Crippen molar-refractivity contribution in [3.8, 4) is 5.75 Å². The van der Waals surface area contributed by atoms with Crippen LogP contribution in [0.1, 0.15) is 12.0 Å².